The molecule has 0 aromatic rings. The van der Waals surface area contributed by atoms with Crippen LogP contribution in [0, 0.1) is 11.8 Å². The van der Waals surface area contributed by atoms with Gasteiger partial charge >= 0.3 is 5.97 Å². The third-order valence-electron chi connectivity index (χ3n) is 4.91. The average Bonchev–Trinajstić information content (AvgIpc) is 3.00. The van der Waals surface area contributed by atoms with Gasteiger partial charge in [0.25, 0.3) is 0 Å². The Balaban J connectivity index is 2.39. The smallest absolute Gasteiger partial charge is 0.305 e. The second-order valence-corrected chi connectivity index (χ2v) is 7.06. The molecule has 0 aromatic carbocycles. The number of hydrogen-bond donors (Lipinski definition) is 2. The molecule has 1 aliphatic rings. The van der Waals surface area contributed by atoms with Crippen molar-refractivity contribution in [1.82, 2.24) is 0 Å². The maximum absolute atomic E-state index is 12.1. The number of unbranched alkanes of at least 4 members (excludes halogenated alkanes) is 4. The van der Waals surface area contributed by atoms with Gasteiger partial charge in [0.15, 0.2) is 5.78 Å². The summed E-state index contributed by atoms with van der Waals surface area (Å²) >= 11 is 0. The molecular formula is C21H34O5. The molecule has 0 radical (unpaired) electrons. The van der Waals surface area contributed by atoms with Crippen LogP contribution in [0.15, 0.2) is 24.3 Å². The number of ketones is 1. The van der Waals surface area contributed by atoms with Gasteiger partial charge in [-0.15, -0.1) is 0 Å². The van der Waals surface area contributed by atoms with E-state index < -0.39 is 18.1 Å². The highest BCUT2D eigenvalue weighted by molar-refractivity contribution is 5.95. The molecule has 148 valence electrons. The summed E-state index contributed by atoms with van der Waals surface area (Å²) in [6, 6.07) is 0. The number of esters is 1. The number of aliphatic hydroxyl groups is 2. The standard InChI is InChI=1S/C21H34O5/c1-3-4-6-9-17(22)14-12-16-13-15-19(24)21(16)18(23)10-7-5-8-11-20(25)26-2/h12-18,21-23H,3-11H2,1-2H3. The topological polar surface area (TPSA) is 83.8 Å². The lowest BCUT2D eigenvalue weighted by Gasteiger charge is -2.21. The highest BCUT2D eigenvalue weighted by Gasteiger charge is 2.34. The minimum Gasteiger partial charge on any atom is -0.469 e. The van der Waals surface area contributed by atoms with Crippen molar-refractivity contribution in [2.45, 2.75) is 76.9 Å². The van der Waals surface area contributed by atoms with Crippen LogP contribution >= 0.6 is 0 Å². The van der Waals surface area contributed by atoms with E-state index in [1.54, 1.807) is 6.08 Å². The van der Waals surface area contributed by atoms with E-state index in [-0.39, 0.29) is 17.7 Å². The van der Waals surface area contributed by atoms with Crippen molar-refractivity contribution in [3.8, 4) is 0 Å². The lowest BCUT2D eigenvalue weighted by molar-refractivity contribution is -0.140. The van der Waals surface area contributed by atoms with E-state index in [9.17, 15) is 19.8 Å². The number of rotatable bonds is 13. The monoisotopic (exact) mass is 366 g/mol. The van der Waals surface area contributed by atoms with Crippen LogP contribution in [-0.4, -0.2) is 41.3 Å². The van der Waals surface area contributed by atoms with Crippen LogP contribution in [0.4, 0.5) is 0 Å². The number of carbonyl (C=O) groups excluding carboxylic acids is 2. The van der Waals surface area contributed by atoms with E-state index in [1.165, 1.54) is 13.2 Å². The lowest BCUT2D eigenvalue weighted by Crippen LogP contribution is -2.29. The van der Waals surface area contributed by atoms with E-state index in [0.29, 0.717) is 12.8 Å². The molecule has 4 atom stereocenters. The van der Waals surface area contributed by atoms with Crippen molar-refractivity contribution in [2.75, 3.05) is 7.11 Å². The molecule has 1 aliphatic carbocycles. The van der Waals surface area contributed by atoms with E-state index in [1.807, 2.05) is 12.2 Å². The molecule has 26 heavy (non-hydrogen) atoms. The first-order chi connectivity index (χ1) is 12.5. The minimum atomic E-state index is -0.706. The Morgan fingerprint density at radius 2 is 1.92 bits per heavy atom. The molecule has 0 aliphatic heterocycles. The maximum Gasteiger partial charge on any atom is 0.305 e. The summed E-state index contributed by atoms with van der Waals surface area (Å²) in [6.45, 7) is 2.12. The largest absolute Gasteiger partial charge is 0.469 e. The molecule has 4 unspecified atom stereocenters. The van der Waals surface area contributed by atoms with Gasteiger partial charge in [0.1, 0.15) is 0 Å². The zero-order valence-corrected chi connectivity index (χ0v) is 16.1. The molecule has 0 spiro atoms. The fourth-order valence-electron chi connectivity index (χ4n) is 3.29. The van der Waals surface area contributed by atoms with Crippen LogP contribution in [0.25, 0.3) is 0 Å². The minimum absolute atomic E-state index is 0.0535. The number of carbonyl (C=O) groups is 2. The molecule has 1 rings (SSSR count). The van der Waals surface area contributed by atoms with Crippen molar-refractivity contribution in [1.29, 1.82) is 0 Å². The molecule has 0 heterocycles. The Morgan fingerprint density at radius 3 is 2.62 bits per heavy atom. The van der Waals surface area contributed by atoms with Gasteiger partial charge in [0, 0.05) is 12.3 Å². The normalized spacial score (nSPS) is 22.1. The molecule has 0 saturated heterocycles. The predicted octanol–water partition coefficient (Wildman–Crippen LogP) is 3.34. The number of hydrogen-bond acceptors (Lipinski definition) is 5. The molecule has 0 fully saturated rings. The first-order valence-corrected chi connectivity index (χ1v) is 9.82. The Kier molecular flexibility index (Phi) is 11.1. The average molecular weight is 366 g/mol. The van der Waals surface area contributed by atoms with E-state index in [2.05, 4.69) is 11.7 Å². The van der Waals surface area contributed by atoms with Crippen molar-refractivity contribution in [2.24, 2.45) is 11.8 Å². The summed E-state index contributed by atoms with van der Waals surface area (Å²) in [5.74, 6) is -0.895. The van der Waals surface area contributed by atoms with Crippen molar-refractivity contribution >= 4 is 11.8 Å². The Labute approximate surface area is 157 Å². The Bertz CT molecular complexity index is 483. The van der Waals surface area contributed by atoms with Gasteiger partial charge in [0.05, 0.1) is 25.2 Å². The first-order valence-electron chi connectivity index (χ1n) is 9.82. The molecule has 0 saturated carbocycles. The van der Waals surface area contributed by atoms with Crippen LogP contribution in [0.2, 0.25) is 0 Å². The molecular weight excluding hydrogens is 332 g/mol. The summed E-state index contributed by atoms with van der Waals surface area (Å²) in [5, 5.41) is 20.4. The van der Waals surface area contributed by atoms with Gasteiger partial charge in [-0.1, -0.05) is 57.3 Å². The van der Waals surface area contributed by atoms with Crippen molar-refractivity contribution in [3.63, 3.8) is 0 Å². The van der Waals surface area contributed by atoms with Crippen LogP contribution in [0.3, 0.4) is 0 Å². The third kappa shape index (κ3) is 8.28. The summed E-state index contributed by atoms with van der Waals surface area (Å²) < 4.78 is 4.59. The molecule has 0 aromatic heterocycles. The van der Waals surface area contributed by atoms with Gasteiger partial charge in [-0.05, 0) is 25.3 Å². The lowest BCUT2D eigenvalue weighted by atomic mass is 9.86. The zero-order valence-electron chi connectivity index (χ0n) is 16.1. The first kappa shape index (κ1) is 22.6. The SMILES string of the molecule is CCCCCC(O)C=CC1C=CC(=O)C1C(O)CCCCCC(=O)OC. The fourth-order valence-corrected chi connectivity index (χ4v) is 3.29. The second kappa shape index (κ2) is 12.8. The molecule has 0 amide bonds. The summed E-state index contributed by atoms with van der Waals surface area (Å²) in [6.07, 6.45) is 12.9. The Morgan fingerprint density at radius 1 is 1.19 bits per heavy atom. The summed E-state index contributed by atoms with van der Waals surface area (Å²) in [7, 11) is 1.37. The van der Waals surface area contributed by atoms with Crippen LogP contribution in [0.1, 0.15) is 64.7 Å². The summed E-state index contributed by atoms with van der Waals surface area (Å²) in [4.78, 5) is 23.2. The maximum atomic E-state index is 12.1. The van der Waals surface area contributed by atoms with Gasteiger partial charge in [-0.2, -0.15) is 0 Å². The molecule has 0 bridgehead atoms. The van der Waals surface area contributed by atoms with E-state index in [4.69, 9.17) is 0 Å². The summed E-state index contributed by atoms with van der Waals surface area (Å²) in [5.41, 5.74) is 0. The Hall–Kier alpha value is -1.46. The highest BCUT2D eigenvalue weighted by atomic mass is 16.5. The van der Waals surface area contributed by atoms with Gasteiger partial charge in [0.2, 0.25) is 0 Å². The number of ether oxygens (including phenoxy) is 1. The zero-order chi connectivity index (χ0) is 19.4. The number of aliphatic hydroxyl groups excluding tert-OH is 2. The molecule has 2 N–H and O–H groups in total. The van der Waals surface area contributed by atoms with Gasteiger partial charge < -0.3 is 14.9 Å². The number of allylic oxidation sites excluding steroid dienone is 3. The van der Waals surface area contributed by atoms with Crippen molar-refractivity contribution in [3.05, 3.63) is 24.3 Å². The molecule has 5 nitrogen and oxygen atoms in total. The van der Waals surface area contributed by atoms with Crippen LogP contribution in [0.5, 0.6) is 0 Å². The fraction of sp³-hybridized carbons (Fsp3) is 0.714. The number of methoxy groups -OCH3 is 1. The van der Waals surface area contributed by atoms with E-state index >= 15 is 0 Å². The van der Waals surface area contributed by atoms with Gasteiger partial charge in [-0.3, -0.25) is 9.59 Å². The van der Waals surface area contributed by atoms with E-state index in [0.717, 1.165) is 44.9 Å². The highest BCUT2D eigenvalue weighted by Crippen LogP contribution is 2.29. The van der Waals surface area contributed by atoms with Crippen LogP contribution in [-0.2, 0) is 14.3 Å². The molecule has 5 heteroatoms. The third-order valence-corrected chi connectivity index (χ3v) is 4.91. The second-order valence-electron chi connectivity index (χ2n) is 7.06. The predicted molar refractivity (Wildman–Crippen MR) is 102 cm³/mol. The van der Waals surface area contributed by atoms with Crippen LogP contribution < -0.4 is 0 Å². The van der Waals surface area contributed by atoms with Crippen molar-refractivity contribution < 1.29 is 24.5 Å². The van der Waals surface area contributed by atoms with Gasteiger partial charge in [-0.25, -0.2) is 0 Å². The quantitative estimate of drug-likeness (QED) is 0.297.